The third-order valence-electron chi connectivity index (χ3n) is 4.75. The standard InChI is InChI=1S/C22H21N3O3S2/c1-15-6-3-8-17(12-15)22(26)25-20(21-10-5-11-29-21)14-19(23-25)16-7-4-9-18(13-16)24-30(2,27)28/h3-13,20,24H,14H2,1-2H3/t20-/m0/s1. The normalized spacial score (nSPS) is 16.4. The van der Waals surface area contributed by atoms with Gasteiger partial charge in [-0.3, -0.25) is 9.52 Å². The highest BCUT2D eigenvalue weighted by Crippen LogP contribution is 2.36. The van der Waals surface area contributed by atoms with Crippen molar-refractivity contribution < 1.29 is 13.2 Å². The molecule has 0 saturated heterocycles. The Balaban J connectivity index is 1.70. The van der Waals surface area contributed by atoms with E-state index in [2.05, 4.69) is 9.82 Å². The summed E-state index contributed by atoms with van der Waals surface area (Å²) in [5.41, 5.74) is 3.59. The zero-order valence-corrected chi connectivity index (χ0v) is 18.2. The van der Waals surface area contributed by atoms with E-state index in [1.54, 1.807) is 40.6 Å². The lowest BCUT2D eigenvalue weighted by Gasteiger charge is -2.20. The molecule has 1 aliphatic heterocycles. The minimum Gasteiger partial charge on any atom is -0.284 e. The summed E-state index contributed by atoms with van der Waals surface area (Å²) in [6.45, 7) is 1.95. The molecular weight excluding hydrogens is 418 g/mol. The number of carbonyl (C=O) groups is 1. The summed E-state index contributed by atoms with van der Waals surface area (Å²) in [6.07, 6.45) is 1.67. The number of nitrogens with one attached hydrogen (secondary N) is 1. The Morgan fingerprint density at radius 3 is 2.63 bits per heavy atom. The van der Waals surface area contributed by atoms with Crippen molar-refractivity contribution in [2.75, 3.05) is 11.0 Å². The van der Waals surface area contributed by atoms with Gasteiger partial charge in [-0.05, 0) is 48.2 Å². The first-order chi connectivity index (χ1) is 14.3. The Hall–Kier alpha value is -2.97. The van der Waals surface area contributed by atoms with Gasteiger partial charge in [-0.1, -0.05) is 35.9 Å². The minimum atomic E-state index is -3.38. The van der Waals surface area contributed by atoms with E-state index in [0.717, 1.165) is 28.0 Å². The lowest BCUT2D eigenvalue weighted by Crippen LogP contribution is -2.26. The highest BCUT2D eigenvalue weighted by Gasteiger charge is 2.34. The maximum Gasteiger partial charge on any atom is 0.274 e. The van der Waals surface area contributed by atoms with Crippen molar-refractivity contribution in [2.45, 2.75) is 19.4 Å². The van der Waals surface area contributed by atoms with Crippen LogP contribution in [0.3, 0.4) is 0 Å². The number of hydrogen-bond acceptors (Lipinski definition) is 5. The quantitative estimate of drug-likeness (QED) is 0.639. The number of sulfonamides is 1. The third-order valence-corrected chi connectivity index (χ3v) is 6.33. The predicted octanol–water partition coefficient (Wildman–Crippen LogP) is 4.42. The molecule has 0 fully saturated rings. The second kappa shape index (κ2) is 8.04. The molecule has 2 heterocycles. The SMILES string of the molecule is Cc1cccc(C(=O)N2N=C(c3cccc(NS(C)(=O)=O)c3)C[C@H]2c2cccs2)c1. The van der Waals surface area contributed by atoms with E-state index in [1.165, 1.54) is 0 Å². The fourth-order valence-electron chi connectivity index (χ4n) is 3.46. The Labute approximate surface area is 179 Å². The van der Waals surface area contributed by atoms with E-state index in [-0.39, 0.29) is 11.9 Å². The second-order valence-electron chi connectivity index (χ2n) is 7.26. The first kappa shape index (κ1) is 20.3. The number of hydrogen-bond donors (Lipinski definition) is 1. The lowest BCUT2D eigenvalue weighted by atomic mass is 10.0. The number of aryl methyl sites for hydroxylation is 1. The van der Waals surface area contributed by atoms with Crippen molar-refractivity contribution in [1.29, 1.82) is 0 Å². The van der Waals surface area contributed by atoms with Gasteiger partial charge in [0.15, 0.2) is 0 Å². The fourth-order valence-corrected chi connectivity index (χ4v) is 4.83. The molecule has 8 heteroatoms. The van der Waals surface area contributed by atoms with Gasteiger partial charge in [0.2, 0.25) is 10.0 Å². The van der Waals surface area contributed by atoms with Crippen LogP contribution in [0.25, 0.3) is 0 Å². The molecule has 4 rings (SSSR count). The number of nitrogens with zero attached hydrogens (tertiary/aromatic N) is 2. The summed E-state index contributed by atoms with van der Waals surface area (Å²) in [5.74, 6) is -0.155. The summed E-state index contributed by atoms with van der Waals surface area (Å²) in [7, 11) is -3.38. The maximum atomic E-state index is 13.3. The molecule has 0 bridgehead atoms. The Bertz CT molecular complexity index is 1220. The van der Waals surface area contributed by atoms with Crippen molar-refractivity contribution in [3.05, 3.63) is 87.6 Å². The molecule has 1 aliphatic rings. The molecule has 6 nitrogen and oxygen atoms in total. The zero-order chi connectivity index (χ0) is 21.3. The Morgan fingerprint density at radius 1 is 1.13 bits per heavy atom. The number of anilines is 1. The molecule has 3 aromatic rings. The second-order valence-corrected chi connectivity index (χ2v) is 9.98. The predicted molar refractivity (Wildman–Crippen MR) is 120 cm³/mol. The van der Waals surface area contributed by atoms with Gasteiger partial charge < -0.3 is 0 Å². The van der Waals surface area contributed by atoms with E-state index in [1.807, 2.05) is 48.7 Å². The highest BCUT2D eigenvalue weighted by atomic mass is 32.2. The number of hydrazone groups is 1. The molecule has 1 aromatic heterocycles. The molecule has 30 heavy (non-hydrogen) atoms. The van der Waals surface area contributed by atoms with Crippen LogP contribution in [0.5, 0.6) is 0 Å². The van der Waals surface area contributed by atoms with Crippen molar-refractivity contribution in [3.63, 3.8) is 0 Å². The van der Waals surface area contributed by atoms with Crippen LogP contribution in [0.2, 0.25) is 0 Å². The average molecular weight is 440 g/mol. The van der Waals surface area contributed by atoms with Crippen LogP contribution in [0.15, 0.2) is 71.1 Å². The van der Waals surface area contributed by atoms with Crippen LogP contribution in [-0.4, -0.2) is 31.3 Å². The van der Waals surface area contributed by atoms with Crippen LogP contribution >= 0.6 is 11.3 Å². The summed E-state index contributed by atoms with van der Waals surface area (Å²) in [6, 6.07) is 18.3. The zero-order valence-electron chi connectivity index (χ0n) is 16.6. The van der Waals surface area contributed by atoms with Gasteiger partial charge in [0.25, 0.3) is 5.91 Å². The molecule has 1 atom stereocenters. The number of amides is 1. The van der Waals surface area contributed by atoms with Gasteiger partial charge >= 0.3 is 0 Å². The Kier molecular flexibility index (Phi) is 5.44. The van der Waals surface area contributed by atoms with Gasteiger partial charge in [-0.2, -0.15) is 5.10 Å². The van der Waals surface area contributed by atoms with Crippen LogP contribution in [0, 0.1) is 6.92 Å². The van der Waals surface area contributed by atoms with E-state index in [4.69, 9.17) is 0 Å². The van der Waals surface area contributed by atoms with E-state index in [9.17, 15) is 13.2 Å². The highest BCUT2D eigenvalue weighted by molar-refractivity contribution is 7.92. The smallest absolute Gasteiger partial charge is 0.274 e. The van der Waals surface area contributed by atoms with Crippen LogP contribution in [0.1, 0.15) is 38.8 Å². The first-order valence-electron chi connectivity index (χ1n) is 9.39. The molecule has 0 unspecified atom stereocenters. The molecule has 154 valence electrons. The molecule has 0 spiro atoms. The van der Waals surface area contributed by atoms with E-state index >= 15 is 0 Å². The molecule has 0 aliphatic carbocycles. The van der Waals surface area contributed by atoms with Crippen molar-refractivity contribution in [1.82, 2.24) is 5.01 Å². The van der Waals surface area contributed by atoms with Crippen molar-refractivity contribution in [3.8, 4) is 0 Å². The largest absolute Gasteiger partial charge is 0.284 e. The average Bonchev–Trinajstić information content (AvgIpc) is 3.36. The first-order valence-corrected chi connectivity index (χ1v) is 12.2. The van der Waals surface area contributed by atoms with Gasteiger partial charge in [0.1, 0.15) is 0 Å². The van der Waals surface area contributed by atoms with E-state index in [0.29, 0.717) is 17.7 Å². The number of rotatable bonds is 5. The maximum absolute atomic E-state index is 13.3. The number of thiophene rings is 1. The molecule has 2 aromatic carbocycles. The lowest BCUT2D eigenvalue weighted by molar-refractivity contribution is 0.0713. The summed E-state index contributed by atoms with van der Waals surface area (Å²) in [4.78, 5) is 14.3. The fraction of sp³-hybridized carbons (Fsp3) is 0.182. The summed E-state index contributed by atoms with van der Waals surface area (Å²) < 4.78 is 25.6. The van der Waals surface area contributed by atoms with Gasteiger partial charge in [0.05, 0.1) is 18.0 Å². The third kappa shape index (κ3) is 4.44. The van der Waals surface area contributed by atoms with Crippen LogP contribution in [0.4, 0.5) is 5.69 Å². The Morgan fingerprint density at radius 2 is 1.93 bits per heavy atom. The molecule has 1 amide bonds. The topological polar surface area (TPSA) is 78.8 Å². The molecule has 0 saturated carbocycles. The molecular formula is C22H21N3O3S2. The van der Waals surface area contributed by atoms with Crippen molar-refractivity contribution >= 4 is 38.7 Å². The number of carbonyl (C=O) groups excluding carboxylic acids is 1. The van der Waals surface area contributed by atoms with Crippen LogP contribution in [-0.2, 0) is 10.0 Å². The van der Waals surface area contributed by atoms with Crippen LogP contribution < -0.4 is 4.72 Å². The summed E-state index contributed by atoms with van der Waals surface area (Å²) in [5, 5.41) is 8.20. The number of benzene rings is 2. The monoisotopic (exact) mass is 439 g/mol. The summed E-state index contributed by atoms with van der Waals surface area (Å²) >= 11 is 1.59. The molecule has 1 N–H and O–H groups in total. The van der Waals surface area contributed by atoms with E-state index < -0.39 is 10.0 Å². The van der Waals surface area contributed by atoms with Gasteiger partial charge in [-0.15, -0.1) is 11.3 Å². The van der Waals surface area contributed by atoms with Crippen molar-refractivity contribution in [2.24, 2.45) is 5.10 Å². The van der Waals surface area contributed by atoms with Gasteiger partial charge in [0, 0.05) is 22.5 Å². The molecule has 0 radical (unpaired) electrons. The van der Waals surface area contributed by atoms with Gasteiger partial charge in [-0.25, -0.2) is 13.4 Å². The minimum absolute atomic E-state index is 0.155.